The van der Waals surface area contributed by atoms with E-state index in [2.05, 4.69) is 0 Å². The summed E-state index contributed by atoms with van der Waals surface area (Å²) in [5.74, 6) is -0.820. The largest absolute Gasteiger partial charge is 0.481 e. The summed E-state index contributed by atoms with van der Waals surface area (Å²) in [4.78, 5) is 24.9. The minimum absolute atomic E-state index is 0.0165. The fraction of sp³-hybridized carbons (Fsp3) is 0.846. The molecule has 1 heterocycles. The van der Waals surface area contributed by atoms with Gasteiger partial charge in [0.2, 0.25) is 0 Å². The van der Waals surface area contributed by atoms with Crippen LogP contribution in [0.5, 0.6) is 0 Å². The van der Waals surface area contributed by atoms with E-state index in [-0.39, 0.29) is 23.3 Å². The Bertz CT molecular complexity index is 343. The van der Waals surface area contributed by atoms with E-state index in [1.807, 2.05) is 11.8 Å². The van der Waals surface area contributed by atoms with Gasteiger partial charge in [0.25, 0.3) is 5.91 Å². The Morgan fingerprint density at radius 2 is 2.06 bits per heavy atom. The number of amides is 1. The van der Waals surface area contributed by atoms with Crippen molar-refractivity contribution in [3.8, 4) is 0 Å². The van der Waals surface area contributed by atoms with Crippen LogP contribution < -0.4 is 0 Å². The van der Waals surface area contributed by atoms with E-state index >= 15 is 0 Å². The average molecular weight is 255 g/mol. The molecular formula is C13H21NO4. The Morgan fingerprint density at radius 3 is 2.44 bits per heavy atom. The fourth-order valence-electron chi connectivity index (χ4n) is 3.07. The topological polar surface area (TPSA) is 66.8 Å². The predicted molar refractivity (Wildman–Crippen MR) is 65.1 cm³/mol. The third kappa shape index (κ3) is 2.23. The number of carboxylic acids is 1. The highest BCUT2D eigenvalue weighted by Gasteiger charge is 2.59. The van der Waals surface area contributed by atoms with Crippen LogP contribution in [-0.2, 0) is 14.3 Å². The van der Waals surface area contributed by atoms with Gasteiger partial charge in [0.1, 0.15) is 6.10 Å². The molecule has 1 aliphatic carbocycles. The number of likely N-dealkylation sites (tertiary alicyclic amines) is 1. The number of hydrogen-bond donors (Lipinski definition) is 1. The number of carbonyl (C=O) groups is 2. The summed E-state index contributed by atoms with van der Waals surface area (Å²) < 4.78 is 5.16. The van der Waals surface area contributed by atoms with Crippen molar-refractivity contribution in [2.75, 3.05) is 20.2 Å². The molecule has 1 spiro atoms. The average Bonchev–Trinajstić information content (AvgIpc) is 3.06. The first-order valence-electron chi connectivity index (χ1n) is 6.58. The van der Waals surface area contributed by atoms with E-state index in [4.69, 9.17) is 9.84 Å². The molecule has 1 aliphatic heterocycles. The van der Waals surface area contributed by atoms with Crippen LogP contribution in [-0.4, -0.2) is 48.2 Å². The van der Waals surface area contributed by atoms with Gasteiger partial charge in [-0.25, -0.2) is 0 Å². The van der Waals surface area contributed by atoms with E-state index in [9.17, 15) is 9.59 Å². The number of carboxylic acid groups (broad SMARTS) is 1. The molecular weight excluding hydrogens is 234 g/mol. The quantitative estimate of drug-likeness (QED) is 0.817. The summed E-state index contributed by atoms with van der Waals surface area (Å²) in [7, 11) is 1.55. The summed E-state index contributed by atoms with van der Waals surface area (Å²) in [6.07, 6.45) is 2.74. The number of aliphatic carboxylic acids is 1. The lowest BCUT2D eigenvalue weighted by Crippen LogP contribution is -2.45. The van der Waals surface area contributed by atoms with Crippen molar-refractivity contribution in [3.05, 3.63) is 0 Å². The molecule has 0 bridgehead atoms. The zero-order valence-corrected chi connectivity index (χ0v) is 11.0. The molecule has 1 saturated carbocycles. The molecule has 0 aromatic heterocycles. The van der Waals surface area contributed by atoms with Crippen LogP contribution in [0.3, 0.4) is 0 Å². The maximum atomic E-state index is 12.1. The van der Waals surface area contributed by atoms with Gasteiger partial charge in [0.15, 0.2) is 0 Å². The number of methoxy groups -OCH3 is 1. The first-order chi connectivity index (χ1) is 8.54. The SMILES string of the molecule is CCC(OC)C(=O)N1CCC2(CC1)CC2C(=O)O. The zero-order valence-electron chi connectivity index (χ0n) is 11.0. The highest BCUT2D eigenvalue weighted by atomic mass is 16.5. The smallest absolute Gasteiger partial charge is 0.307 e. The monoisotopic (exact) mass is 255 g/mol. The first-order valence-corrected chi connectivity index (χ1v) is 6.58. The van der Waals surface area contributed by atoms with Crippen molar-refractivity contribution in [3.63, 3.8) is 0 Å². The Morgan fingerprint density at radius 1 is 1.44 bits per heavy atom. The maximum Gasteiger partial charge on any atom is 0.307 e. The molecule has 102 valence electrons. The molecule has 2 aliphatic rings. The van der Waals surface area contributed by atoms with Gasteiger partial charge in [-0.05, 0) is 31.1 Å². The molecule has 0 aromatic rings. The van der Waals surface area contributed by atoms with Gasteiger partial charge in [-0.3, -0.25) is 9.59 Å². The van der Waals surface area contributed by atoms with E-state index in [0.717, 1.165) is 19.3 Å². The van der Waals surface area contributed by atoms with Gasteiger partial charge in [-0.15, -0.1) is 0 Å². The van der Waals surface area contributed by atoms with Crippen LogP contribution in [0.4, 0.5) is 0 Å². The van der Waals surface area contributed by atoms with Crippen molar-refractivity contribution in [1.82, 2.24) is 4.90 Å². The van der Waals surface area contributed by atoms with E-state index in [0.29, 0.717) is 19.5 Å². The lowest BCUT2D eigenvalue weighted by atomic mass is 9.90. The number of rotatable bonds is 4. The van der Waals surface area contributed by atoms with Crippen molar-refractivity contribution in [1.29, 1.82) is 0 Å². The standard InChI is InChI=1S/C13H21NO4/c1-3-10(18-2)11(15)14-6-4-13(5-7-14)8-9(13)12(16)17/h9-10H,3-8H2,1-2H3,(H,16,17). The molecule has 2 atom stereocenters. The Hall–Kier alpha value is -1.10. The molecule has 1 amide bonds. The third-order valence-corrected chi connectivity index (χ3v) is 4.49. The lowest BCUT2D eigenvalue weighted by Gasteiger charge is -2.34. The molecule has 0 radical (unpaired) electrons. The van der Waals surface area contributed by atoms with Crippen molar-refractivity contribution in [2.24, 2.45) is 11.3 Å². The third-order valence-electron chi connectivity index (χ3n) is 4.49. The number of ether oxygens (including phenoxy) is 1. The minimum atomic E-state index is -0.682. The molecule has 2 unspecified atom stereocenters. The number of carbonyl (C=O) groups excluding carboxylic acids is 1. The Kier molecular flexibility index (Phi) is 3.61. The van der Waals surface area contributed by atoms with Crippen molar-refractivity contribution in [2.45, 2.75) is 38.7 Å². The second-order valence-electron chi connectivity index (χ2n) is 5.42. The number of hydrogen-bond acceptors (Lipinski definition) is 3. The van der Waals surface area contributed by atoms with Crippen LogP contribution in [0, 0.1) is 11.3 Å². The van der Waals surface area contributed by atoms with Gasteiger partial charge in [-0.2, -0.15) is 0 Å². The second kappa shape index (κ2) is 4.88. The number of nitrogens with zero attached hydrogens (tertiary/aromatic N) is 1. The maximum absolute atomic E-state index is 12.1. The molecule has 1 saturated heterocycles. The van der Waals surface area contributed by atoms with Crippen LogP contribution in [0.1, 0.15) is 32.6 Å². The van der Waals surface area contributed by atoms with E-state index in [1.165, 1.54) is 0 Å². The van der Waals surface area contributed by atoms with Gasteiger partial charge in [0.05, 0.1) is 5.92 Å². The fourth-order valence-corrected chi connectivity index (χ4v) is 3.07. The van der Waals surface area contributed by atoms with Crippen LogP contribution >= 0.6 is 0 Å². The molecule has 1 N–H and O–H groups in total. The van der Waals surface area contributed by atoms with Crippen LogP contribution in [0.15, 0.2) is 0 Å². The molecule has 2 fully saturated rings. The molecule has 5 nitrogen and oxygen atoms in total. The van der Waals surface area contributed by atoms with Gasteiger partial charge >= 0.3 is 5.97 Å². The van der Waals surface area contributed by atoms with Gasteiger partial charge < -0.3 is 14.7 Å². The molecule has 2 rings (SSSR count). The second-order valence-corrected chi connectivity index (χ2v) is 5.42. The predicted octanol–water partition coefficient (Wildman–Crippen LogP) is 1.12. The summed E-state index contributed by atoms with van der Waals surface area (Å²) in [5.41, 5.74) is -0.0165. The first kappa shape index (κ1) is 13.3. The van der Waals surface area contributed by atoms with Crippen LogP contribution in [0.2, 0.25) is 0 Å². The van der Waals surface area contributed by atoms with Crippen LogP contribution in [0.25, 0.3) is 0 Å². The minimum Gasteiger partial charge on any atom is -0.481 e. The summed E-state index contributed by atoms with van der Waals surface area (Å²) in [6, 6.07) is 0. The Labute approximate surface area is 107 Å². The Balaban J connectivity index is 1.88. The zero-order chi connectivity index (χ0) is 13.3. The summed E-state index contributed by atoms with van der Waals surface area (Å²) in [6.45, 7) is 3.27. The lowest BCUT2D eigenvalue weighted by molar-refractivity contribution is -0.144. The van der Waals surface area contributed by atoms with Gasteiger partial charge in [-0.1, -0.05) is 6.92 Å². The molecule has 18 heavy (non-hydrogen) atoms. The highest BCUT2D eigenvalue weighted by molar-refractivity contribution is 5.81. The van der Waals surface area contributed by atoms with E-state index in [1.54, 1.807) is 7.11 Å². The normalized spacial score (nSPS) is 27.0. The van der Waals surface area contributed by atoms with Crippen molar-refractivity contribution >= 4 is 11.9 Å². The molecule has 5 heteroatoms. The molecule has 0 aromatic carbocycles. The number of piperidine rings is 1. The van der Waals surface area contributed by atoms with E-state index < -0.39 is 5.97 Å². The summed E-state index contributed by atoms with van der Waals surface area (Å²) in [5, 5.41) is 9.01. The summed E-state index contributed by atoms with van der Waals surface area (Å²) >= 11 is 0. The van der Waals surface area contributed by atoms with Crippen molar-refractivity contribution < 1.29 is 19.4 Å². The highest BCUT2D eigenvalue weighted by Crippen LogP contribution is 2.59. The van der Waals surface area contributed by atoms with Gasteiger partial charge in [0, 0.05) is 20.2 Å².